The van der Waals surface area contributed by atoms with Crippen molar-refractivity contribution in [2.24, 2.45) is 0 Å². The molecule has 0 radical (unpaired) electrons. The molecule has 3 rings (SSSR count). The third kappa shape index (κ3) is 3.79. The van der Waals surface area contributed by atoms with Gasteiger partial charge >= 0.3 is 0 Å². The first kappa shape index (κ1) is 17.4. The Kier molecular flexibility index (Phi) is 5.28. The maximum Gasteiger partial charge on any atom is 0.257 e. The van der Waals surface area contributed by atoms with Crippen LogP contribution < -0.4 is 0 Å². The van der Waals surface area contributed by atoms with Crippen molar-refractivity contribution < 1.29 is 14.7 Å². The van der Waals surface area contributed by atoms with Gasteiger partial charge in [-0.3, -0.25) is 9.59 Å². The molecule has 25 heavy (non-hydrogen) atoms. The summed E-state index contributed by atoms with van der Waals surface area (Å²) in [6.07, 6.45) is 2.00. The molecule has 1 aliphatic rings. The minimum atomic E-state index is -0.200. The van der Waals surface area contributed by atoms with Gasteiger partial charge in [0.2, 0.25) is 0 Å². The number of hydrogen-bond donors (Lipinski definition) is 1. The SMILES string of the molecule is CSc1ccc(C(=O)N2CCN(C(=O)c3ccccc3O)CC2)cc1. The van der Waals surface area contributed by atoms with Gasteiger partial charge in [-0.25, -0.2) is 0 Å². The molecule has 1 heterocycles. The summed E-state index contributed by atoms with van der Waals surface area (Å²) in [5.74, 6) is -0.225. The summed E-state index contributed by atoms with van der Waals surface area (Å²) in [6.45, 7) is 1.90. The number of carbonyl (C=O) groups is 2. The fraction of sp³-hybridized carbons (Fsp3) is 0.263. The molecule has 1 N–H and O–H groups in total. The summed E-state index contributed by atoms with van der Waals surface area (Å²) in [4.78, 5) is 29.6. The van der Waals surface area contributed by atoms with Gasteiger partial charge in [-0.05, 0) is 42.7 Å². The Hall–Kier alpha value is -2.47. The second-order valence-electron chi connectivity index (χ2n) is 5.83. The molecule has 0 bridgehead atoms. The average molecular weight is 356 g/mol. The molecule has 130 valence electrons. The Labute approximate surface area is 151 Å². The molecule has 0 atom stereocenters. The number of rotatable bonds is 3. The third-order valence-electron chi connectivity index (χ3n) is 4.33. The van der Waals surface area contributed by atoms with Crippen LogP contribution in [-0.4, -0.2) is 59.2 Å². The largest absolute Gasteiger partial charge is 0.507 e. The van der Waals surface area contributed by atoms with Crippen molar-refractivity contribution in [1.82, 2.24) is 9.80 Å². The van der Waals surface area contributed by atoms with Crippen molar-refractivity contribution in [2.75, 3.05) is 32.4 Å². The minimum Gasteiger partial charge on any atom is -0.507 e. The van der Waals surface area contributed by atoms with Crippen LogP contribution in [0.1, 0.15) is 20.7 Å². The molecule has 1 fully saturated rings. The van der Waals surface area contributed by atoms with Gasteiger partial charge in [-0.1, -0.05) is 12.1 Å². The second-order valence-corrected chi connectivity index (χ2v) is 6.71. The highest BCUT2D eigenvalue weighted by atomic mass is 32.2. The first-order valence-electron chi connectivity index (χ1n) is 8.11. The Morgan fingerprint density at radius 1 is 0.880 bits per heavy atom. The molecule has 1 aliphatic heterocycles. The average Bonchev–Trinajstić information content (AvgIpc) is 2.67. The van der Waals surface area contributed by atoms with Gasteiger partial charge < -0.3 is 14.9 Å². The fourth-order valence-corrected chi connectivity index (χ4v) is 3.26. The lowest BCUT2D eigenvalue weighted by Gasteiger charge is -2.35. The number of thioether (sulfide) groups is 1. The van der Waals surface area contributed by atoms with E-state index in [1.165, 1.54) is 6.07 Å². The minimum absolute atomic E-state index is 0.0117. The van der Waals surface area contributed by atoms with Crippen molar-refractivity contribution in [2.45, 2.75) is 4.90 Å². The van der Waals surface area contributed by atoms with Crippen molar-refractivity contribution in [1.29, 1.82) is 0 Å². The van der Waals surface area contributed by atoms with Crippen LogP contribution in [0.25, 0.3) is 0 Å². The molecule has 1 saturated heterocycles. The monoisotopic (exact) mass is 356 g/mol. The Morgan fingerprint density at radius 2 is 1.44 bits per heavy atom. The number of aromatic hydroxyl groups is 1. The van der Waals surface area contributed by atoms with Crippen LogP contribution in [0.15, 0.2) is 53.4 Å². The van der Waals surface area contributed by atoms with E-state index < -0.39 is 0 Å². The number of piperazine rings is 1. The highest BCUT2D eigenvalue weighted by Gasteiger charge is 2.26. The zero-order valence-corrected chi connectivity index (χ0v) is 14.8. The third-order valence-corrected chi connectivity index (χ3v) is 5.07. The van der Waals surface area contributed by atoms with Crippen molar-refractivity contribution in [3.05, 3.63) is 59.7 Å². The highest BCUT2D eigenvalue weighted by Crippen LogP contribution is 2.20. The number of nitrogens with zero attached hydrogens (tertiary/aromatic N) is 2. The standard InChI is InChI=1S/C19H20N2O3S/c1-25-15-8-6-14(7-9-15)18(23)20-10-12-21(13-11-20)19(24)16-4-2-3-5-17(16)22/h2-9,22H,10-13H2,1H3. The molecule has 5 nitrogen and oxygen atoms in total. The molecule has 0 unspecified atom stereocenters. The lowest BCUT2D eigenvalue weighted by atomic mass is 10.1. The Morgan fingerprint density at radius 3 is 2.00 bits per heavy atom. The van der Waals surface area contributed by atoms with Crippen LogP contribution >= 0.6 is 11.8 Å². The van der Waals surface area contributed by atoms with Crippen LogP contribution in [-0.2, 0) is 0 Å². The highest BCUT2D eigenvalue weighted by molar-refractivity contribution is 7.98. The summed E-state index contributed by atoms with van der Waals surface area (Å²) in [6, 6.07) is 14.1. The maximum atomic E-state index is 12.6. The number of amides is 2. The van der Waals surface area contributed by atoms with Crippen LogP contribution in [0.5, 0.6) is 5.75 Å². The molecule has 0 spiro atoms. The number of phenolic OH excluding ortho intramolecular Hbond substituents is 1. The molecule has 6 heteroatoms. The lowest BCUT2D eigenvalue weighted by molar-refractivity contribution is 0.0533. The summed E-state index contributed by atoms with van der Waals surface area (Å²) in [5, 5.41) is 9.83. The Bertz CT molecular complexity index is 768. The number of phenols is 1. The predicted molar refractivity (Wildman–Crippen MR) is 98.1 cm³/mol. The van der Waals surface area contributed by atoms with Gasteiger partial charge in [0.15, 0.2) is 0 Å². The molecule has 2 aromatic rings. The molecule has 0 aliphatic carbocycles. The molecule has 2 aromatic carbocycles. The molecular weight excluding hydrogens is 336 g/mol. The number of benzene rings is 2. The van der Waals surface area contributed by atoms with E-state index in [0.29, 0.717) is 37.3 Å². The molecule has 0 saturated carbocycles. The van der Waals surface area contributed by atoms with Crippen molar-refractivity contribution in [3.63, 3.8) is 0 Å². The van der Waals surface area contributed by atoms with E-state index in [0.717, 1.165) is 4.90 Å². The topological polar surface area (TPSA) is 60.9 Å². The molecular formula is C19H20N2O3S. The first-order chi connectivity index (χ1) is 12.1. The summed E-state index contributed by atoms with van der Waals surface area (Å²) in [5.41, 5.74) is 0.966. The predicted octanol–water partition coefficient (Wildman–Crippen LogP) is 2.71. The smallest absolute Gasteiger partial charge is 0.257 e. The number of carbonyl (C=O) groups excluding carboxylic acids is 2. The molecule has 2 amide bonds. The number of hydrogen-bond acceptors (Lipinski definition) is 4. The summed E-state index contributed by atoms with van der Waals surface area (Å²) >= 11 is 1.64. The van der Waals surface area contributed by atoms with Gasteiger partial charge in [-0.2, -0.15) is 0 Å². The van der Waals surface area contributed by atoms with Crippen LogP contribution in [0, 0.1) is 0 Å². The zero-order valence-electron chi connectivity index (χ0n) is 14.0. The van der Waals surface area contributed by atoms with E-state index in [1.54, 1.807) is 39.8 Å². The van der Waals surface area contributed by atoms with Gasteiger partial charge in [0.05, 0.1) is 5.56 Å². The van der Waals surface area contributed by atoms with Gasteiger partial charge in [0.1, 0.15) is 5.75 Å². The summed E-state index contributed by atoms with van der Waals surface area (Å²) in [7, 11) is 0. The lowest BCUT2D eigenvalue weighted by Crippen LogP contribution is -2.50. The molecule has 0 aromatic heterocycles. The van der Waals surface area contributed by atoms with Crippen LogP contribution in [0.4, 0.5) is 0 Å². The van der Waals surface area contributed by atoms with Gasteiger partial charge in [0, 0.05) is 36.6 Å². The van der Waals surface area contributed by atoms with Gasteiger partial charge in [-0.15, -0.1) is 11.8 Å². The normalized spacial score (nSPS) is 14.4. The number of para-hydroxylation sites is 1. The Balaban J connectivity index is 1.62. The maximum absolute atomic E-state index is 12.6. The fourth-order valence-electron chi connectivity index (χ4n) is 2.85. The second kappa shape index (κ2) is 7.61. The quantitative estimate of drug-likeness (QED) is 0.859. The summed E-state index contributed by atoms with van der Waals surface area (Å²) < 4.78 is 0. The van der Waals surface area contributed by atoms with E-state index in [-0.39, 0.29) is 17.6 Å². The van der Waals surface area contributed by atoms with Crippen LogP contribution in [0.2, 0.25) is 0 Å². The van der Waals surface area contributed by atoms with E-state index in [4.69, 9.17) is 0 Å². The van der Waals surface area contributed by atoms with Gasteiger partial charge in [0.25, 0.3) is 11.8 Å². The van der Waals surface area contributed by atoms with E-state index >= 15 is 0 Å². The van der Waals surface area contributed by atoms with E-state index in [2.05, 4.69) is 0 Å². The van der Waals surface area contributed by atoms with E-state index in [9.17, 15) is 14.7 Å². The van der Waals surface area contributed by atoms with Crippen molar-refractivity contribution >= 4 is 23.6 Å². The zero-order chi connectivity index (χ0) is 17.8. The van der Waals surface area contributed by atoms with Crippen LogP contribution in [0.3, 0.4) is 0 Å². The first-order valence-corrected chi connectivity index (χ1v) is 9.33. The van der Waals surface area contributed by atoms with E-state index in [1.807, 2.05) is 30.5 Å². The van der Waals surface area contributed by atoms with Crippen molar-refractivity contribution in [3.8, 4) is 5.75 Å².